The summed E-state index contributed by atoms with van der Waals surface area (Å²) >= 11 is 0.938. The highest BCUT2D eigenvalue weighted by atomic mass is 32.1. The predicted molar refractivity (Wildman–Crippen MR) is 170 cm³/mol. The normalized spacial score (nSPS) is 18.4. The lowest BCUT2D eigenvalue weighted by Gasteiger charge is -2.23. The van der Waals surface area contributed by atoms with Gasteiger partial charge in [0.25, 0.3) is 5.78 Å². The maximum atomic E-state index is 13.7. The van der Waals surface area contributed by atoms with Crippen LogP contribution in [0.2, 0.25) is 0 Å². The molecule has 2 aliphatic rings. The number of benzene rings is 3. The van der Waals surface area contributed by atoms with Crippen LogP contribution < -0.4 is 14.4 Å². The molecular weight excluding hydrogens is 592 g/mol. The SMILES string of the molecule is C=CCOC(=O)c1sc(N2C(=O)C(=O)C(=C(O)c3ccc4c(c3)CC(C)O4)C2c2cccc(OCc3ccccc3)c2)nc1C. The van der Waals surface area contributed by atoms with Gasteiger partial charge >= 0.3 is 11.9 Å². The third-order valence-electron chi connectivity index (χ3n) is 7.55. The lowest BCUT2D eigenvalue weighted by atomic mass is 9.94. The molecule has 1 saturated heterocycles. The minimum Gasteiger partial charge on any atom is -0.507 e. The number of ketones is 1. The number of thiazole rings is 1. The Labute approximate surface area is 264 Å². The summed E-state index contributed by atoms with van der Waals surface area (Å²) in [6.45, 7) is 7.46. The molecule has 2 atom stereocenters. The number of aliphatic hydroxyl groups excluding tert-OH is 1. The van der Waals surface area contributed by atoms with Crippen LogP contribution >= 0.6 is 11.3 Å². The lowest BCUT2D eigenvalue weighted by Crippen LogP contribution is -2.29. The average Bonchev–Trinajstić information content (AvgIpc) is 3.70. The standard InChI is InChI=1S/C35H30N2O7S/c1-4-15-42-34(41)32-21(3)36-35(45-32)37-29(23-11-8-12-26(18-23)43-19-22-9-6-5-7-10-22)28(31(39)33(37)40)30(38)24-13-14-27-25(17-24)16-20(2)44-27/h4-14,17-18,20,29,38H,1,15-16,19H2,2-3H3. The van der Waals surface area contributed by atoms with Crippen molar-refractivity contribution >= 4 is 39.9 Å². The third-order valence-corrected chi connectivity index (χ3v) is 8.68. The summed E-state index contributed by atoms with van der Waals surface area (Å²) in [5.41, 5.74) is 3.01. The molecule has 1 aromatic heterocycles. The Morgan fingerprint density at radius 3 is 2.71 bits per heavy atom. The highest BCUT2D eigenvalue weighted by molar-refractivity contribution is 7.17. The van der Waals surface area contributed by atoms with Crippen molar-refractivity contribution in [3.05, 3.63) is 124 Å². The number of Topliss-reactive ketones (excluding diaryl/α,β-unsaturated/α-hetero) is 1. The highest BCUT2D eigenvalue weighted by Crippen LogP contribution is 2.45. The second kappa shape index (κ2) is 12.4. The fourth-order valence-electron chi connectivity index (χ4n) is 5.46. The number of aryl methyl sites for hydroxylation is 1. The fourth-order valence-corrected chi connectivity index (χ4v) is 6.45. The zero-order chi connectivity index (χ0) is 31.7. The summed E-state index contributed by atoms with van der Waals surface area (Å²) in [4.78, 5) is 46.1. The molecular formula is C35H30N2O7S. The summed E-state index contributed by atoms with van der Waals surface area (Å²) in [6, 6.07) is 20.8. The minimum atomic E-state index is -1.06. The molecule has 3 aromatic carbocycles. The molecule has 4 aromatic rings. The van der Waals surface area contributed by atoms with Crippen LogP contribution in [0.25, 0.3) is 5.76 Å². The molecule has 6 rings (SSSR count). The molecule has 1 fully saturated rings. The number of hydrogen-bond donors (Lipinski definition) is 1. The highest BCUT2D eigenvalue weighted by Gasteiger charge is 2.48. The number of aliphatic hydroxyl groups is 1. The van der Waals surface area contributed by atoms with E-state index in [0.717, 1.165) is 22.5 Å². The number of carbonyl (C=O) groups is 3. The smallest absolute Gasteiger partial charge is 0.350 e. The minimum absolute atomic E-state index is 0.0103. The van der Waals surface area contributed by atoms with Crippen LogP contribution in [-0.2, 0) is 27.4 Å². The number of aromatic nitrogens is 1. The van der Waals surface area contributed by atoms with Gasteiger partial charge in [0, 0.05) is 12.0 Å². The van der Waals surface area contributed by atoms with Crippen LogP contribution in [0.5, 0.6) is 11.5 Å². The molecule has 1 amide bonds. The third kappa shape index (κ3) is 5.84. The molecule has 0 radical (unpaired) electrons. The summed E-state index contributed by atoms with van der Waals surface area (Å²) in [5.74, 6) is -1.46. The van der Waals surface area contributed by atoms with Crippen molar-refractivity contribution in [1.29, 1.82) is 0 Å². The predicted octanol–water partition coefficient (Wildman–Crippen LogP) is 6.32. The maximum absolute atomic E-state index is 13.7. The Morgan fingerprint density at radius 2 is 1.93 bits per heavy atom. The van der Waals surface area contributed by atoms with Gasteiger partial charge in [-0.2, -0.15) is 0 Å². The van der Waals surface area contributed by atoms with E-state index in [0.29, 0.717) is 41.3 Å². The van der Waals surface area contributed by atoms with E-state index < -0.39 is 23.7 Å². The number of fused-ring (bicyclic) bond motifs is 1. The van der Waals surface area contributed by atoms with E-state index >= 15 is 0 Å². The van der Waals surface area contributed by atoms with Crippen LogP contribution in [-0.4, -0.2) is 40.5 Å². The van der Waals surface area contributed by atoms with E-state index in [1.165, 1.54) is 11.0 Å². The number of esters is 1. The maximum Gasteiger partial charge on any atom is 0.350 e. The molecule has 3 heterocycles. The van der Waals surface area contributed by atoms with Crippen LogP contribution in [0.15, 0.2) is 91.0 Å². The van der Waals surface area contributed by atoms with Gasteiger partial charge < -0.3 is 19.3 Å². The number of nitrogens with zero attached hydrogens (tertiary/aromatic N) is 2. The van der Waals surface area contributed by atoms with Crippen LogP contribution in [0, 0.1) is 6.92 Å². The second-order valence-corrected chi connectivity index (χ2v) is 11.7. The summed E-state index contributed by atoms with van der Waals surface area (Å²) in [7, 11) is 0. The number of hydrogen-bond acceptors (Lipinski definition) is 9. The van der Waals surface area contributed by atoms with Crippen molar-refractivity contribution in [3.63, 3.8) is 0 Å². The van der Waals surface area contributed by atoms with Gasteiger partial charge in [0.2, 0.25) is 0 Å². The van der Waals surface area contributed by atoms with Gasteiger partial charge in [-0.1, -0.05) is 66.5 Å². The van der Waals surface area contributed by atoms with Crippen molar-refractivity contribution in [3.8, 4) is 11.5 Å². The Hall–Kier alpha value is -5.22. The zero-order valence-electron chi connectivity index (χ0n) is 24.7. The number of anilines is 1. The molecule has 0 spiro atoms. The van der Waals surface area contributed by atoms with E-state index in [1.807, 2.05) is 37.3 Å². The van der Waals surface area contributed by atoms with Gasteiger partial charge in [0.1, 0.15) is 41.5 Å². The summed E-state index contributed by atoms with van der Waals surface area (Å²) in [6.07, 6.45) is 2.09. The van der Waals surface area contributed by atoms with E-state index in [9.17, 15) is 19.5 Å². The van der Waals surface area contributed by atoms with Gasteiger partial charge in [-0.3, -0.25) is 14.5 Å². The summed E-state index contributed by atoms with van der Waals surface area (Å²) in [5, 5.41) is 11.8. The van der Waals surface area contributed by atoms with E-state index in [2.05, 4.69) is 11.6 Å². The molecule has 0 aliphatic carbocycles. The first-order chi connectivity index (χ1) is 21.7. The average molecular weight is 623 g/mol. The first-order valence-electron chi connectivity index (χ1n) is 14.4. The van der Waals surface area contributed by atoms with E-state index in [-0.39, 0.29) is 34.1 Å². The molecule has 10 heteroatoms. The molecule has 2 aliphatic heterocycles. The second-order valence-electron chi connectivity index (χ2n) is 10.8. The largest absolute Gasteiger partial charge is 0.507 e. The van der Waals surface area contributed by atoms with Crippen LogP contribution in [0.1, 0.15) is 50.6 Å². The number of amides is 1. The van der Waals surface area contributed by atoms with Crippen LogP contribution in [0.3, 0.4) is 0 Å². The van der Waals surface area contributed by atoms with Crippen molar-refractivity contribution < 1.29 is 33.7 Å². The molecule has 228 valence electrons. The van der Waals surface area contributed by atoms with Gasteiger partial charge in [0.05, 0.1) is 17.3 Å². The Kier molecular flexibility index (Phi) is 8.23. The quantitative estimate of drug-likeness (QED) is 0.0758. The van der Waals surface area contributed by atoms with Crippen molar-refractivity contribution in [2.45, 2.75) is 39.0 Å². The fraction of sp³-hybridized carbons (Fsp3) is 0.200. The topological polar surface area (TPSA) is 115 Å². The number of rotatable bonds is 9. The first-order valence-corrected chi connectivity index (χ1v) is 15.2. The lowest BCUT2D eigenvalue weighted by molar-refractivity contribution is -0.132. The molecule has 45 heavy (non-hydrogen) atoms. The van der Waals surface area contributed by atoms with Gasteiger partial charge in [-0.15, -0.1) is 0 Å². The Bertz CT molecular complexity index is 1850. The van der Waals surface area contributed by atoms with Gasteiger partial charge in [-0.25, -0.2) is 9.78 Å². The van der Waals surface area contributed by atoms with Crippen LogP contribution in [0.4, 0.5) is 5.13 Å². The summed E-state index contributed by atoms with van der Waals surface area (Å²) < 4.78 is 17.1. The number of ether oxygens (including phenoxy) is 3. The van der Waals surface area contributed by atoms with Crippen molar-refractivity contribution in [2.24, 2.45) is 0 Å². The molecule has 9 nitrogen and oxygen atoms in total. The molecule has 0 saturated carbocycles. The molecule has 2 unspecified atom stereocenters. The van der Waals surface area contributed by atoms with Crippen molar-refractivity contribution in [1.82, 2.24) is 4.98 Å². The monoisotopic (exact) mass is 622 g/mol. The Balaban J connectivity index is 1.44. The Morgan fingerprint density at radius 1 is 1.13 bits per heavy atom. The molecule has 0 bridgehead atoms. The van der Waals surface area contributed by atoms with Crippen molar-refractivity contribution in [2.75, 3.05) is 11.5 Å². The first kappa shape index (κ1) is 29.8. The number of carbonyl (C=O) groups excluding carboxylic acids is 3. The zero-order valence-corrected chi connectivity index (χ0v) is 25.5. The van der Waals surface area contributed by atoms with Gasteiger partial charge in [-0.05, 0) is 60.9 Å². The van der Waals surface area contributed by atoms with Gasteiger partial charge in [0.15, 0.2) is 5.13 Å². The molecule has 1 N–H and O–H groups in total. The van der Waals surface area contributed by atoms with E-state index in [4.69, 9.17) is 14.2 Å². The van der Waals surface area contributed by atoms with E-state index in [1.54, 1.807) is 49.4 Å².